The van der Waals surface area contributed by atoms with Crippen LogP contribution in [-0.2, 0) is 6.42 Å². The van der Waals surface area contributed by atoms with Crippen molar-refractivity contribution in [3.05, 3.63) is 23.8 Å². The molecule has 110 valence electrons. The topological polar surface area (TPSA) is 15.7 Å². The van der Waals surface area contributed by atoms with Gasteiger partial charge in [-0.05, 0) is 57.8 Å². The third-order valence-electron chi connectivity index (χ3n) is 4.49. The average molecular weight is 274 g/mol. The molecule has 1 aromatic rings. The highest BCUT2D eigenvalue weighted by atomic mass is 16.5. The van der Waals surface area contributed by atoms with E-state index in [4.69, 9.17) is 4.74 Å². The summed E-state index contributed by atoms with van der Waals surface area (Å²) in [6.07, 6.45) is 3.87. The Bertz CT molecular complexity index is 452. The van der Waals surface area contributed by atoms with Crippen LogP contribution in [0.5, 0.6) is 5.75 Å². The molecule has 1 saturated heterocycles. The van der Waals surface area contributed by atoms with Gasteiger partial charge >= 0.3 is 0 Å². The van der Waals surface area contributed by atoms with E-state index in [9.17, 15) is 0 Å². The number of likely N-dealkylation sites (tertiary alicyclic amines) is 1. The first kappa shape index (κ1) is 13.7. The summed E-state index contributed by atoms with van der Waals surface area (Å²) in [4.78, 5) is 4.97. The Labute approximate surface area is 122 Å². The van der Waals surface area contributed by atoms with Gasteiger partial charge in [-0.2, -0.15) is 0 Å². The van der Waals surface area contributed by atoms with Crippen molar-refractivity contribution in [2.24, 2.45) is 0 Å². The Morgan fingerprint density at radius 3 is 2.70 bits per heavy atom. The zero-order chi connectivity index (χ0) is 13.9. The highest BCUT2D eigenvalue weighted by Gasteiger charge is 2.21. The first-order chi connectivity index (χ1) is 9.74. The molecule has 0 N–H and O–H groups in total. The maximum Gasteiger partial charge on any atom is 0.121 e. The summed E-state index contributed by atoms with van der Waals surface area (Å²) in [5.41, 5.74) is 2.84. The van der Waals surface area contributed by atoms with Crippen molar-refractivity contribution in [2.45, 2.75) is 39.2 Å². The first-order valence-electron chi connectivity index (χ1n) is 7.99. The molecule has 0 atom stereocenters. The van der Waals surface area contributed by atoms with Gasteiger partial charge < -0.3 is 9.64 Å². The number of fused-ring (bicyclic) bond motifs is 1. The molecule has 1 fully saturated rings. The summed E-state index contributed by atoms with van der Waals surface area (Å²) in [7, 11) is 0. The van der Waals surface area contributed by atoms with Crippen molar-refractivity contribution in [2.75, 3.05) is 37.7 Å². The second kappa shape index (κ2) is 6.04. The predicted molar refractivity (Wildman–Crippen MR) is 83.8 cm³/mol. The molecule has 0 bridgehead atoms. The number of benzene rings is 1. The van der Waals surface area contributed by atoms with Gasteiger partial charge in [0.1, 0.15) is 12.4 Å². The van der Waals surface area contributed by atoms with Crippen LogP contribution < -0.4 is 9.64 Å². The van der Waals surface area contributed by atoms with Crippen LogP contribution in [0.4, 0.5) is 5.69 Å². The summed E-state index contributed by atoms with van der Waals surface area (Å²) in [6.45, 7) is 10.0. The van der Waals surface area contributed by atoms with Gasteiger partial charge in [-0.3, -0.25) is 4.90 Å². The Hall–Kier alpha value is -1.22. The van der Waals surface area contributed by atoms with E-state index >= 15 is 0 Å². The molecule has 0 unspecified atom stereocenters. The molecule has 2 aliphatic heterocycles. The fourth-order valence-corrected chi connectivity index (χ4v) is 3.31. The number of hydrogen-bond acceptors (Lipinski definition) is 3. The quantitative estimate of drug-likeness (QED) is 0.821. The minimum Gasteiger partial charge on any atom is -0.492 e. The van der Waals surface area contributed by atoms with Gasteiger partial charge in [0.25, 0.3) is 0 Å². The molecule has 0 spiro atoms. The van der Waals surface area contributed by atoms with E-state index in [1.807, 2.05) is 0 Å². The number of nitrogens with zero attached hydrogens (tertiary/aromatic N) is 2. The molecular formula is C17H26N2O. The van der Waals surface area contributed by atoms with Gasteiger partial charge in [0.2, 0.25) is 0 Å². The van der Waals surface area contributed by atoms with Crippen LogP contribution in [0.1, 0.15) is 32.3 Å². The van der Waals surface area contributed by atoms with Crippen LogP contribution in [0.15, 0.2) is 18.2 Å². The Morgan fingerprint density at radius 1 is 1.15 bits per heavy atom. The summed E-state index contributed by atoms with van der Waals surface area (Å²) in [6, 6.07) is 7.16. The van der Waals surface area contributed by atoms with E-state index in [0.29, 0.717) is 6.04 Å². The predicted octanol–water partition coefficient (Wildman–Crippen LogP) is 2.93. The Morgan fingerprint density at radius 2 is 1.95 bits per heavy atom. The van der Waals surface area contributed by atoms with E-state index in [-0.39, 0.29) is 0 Å². The van der Waals surface area contributed by atoms with Gasteiger partial charge in [0.15, 0.2) is 0 Å². The molecule has 0 saturated carbocycles. The van der Waals surface area contributed by atoms with E-state index in [1.165, 1.54) is 43.6 Å². The largest absolute Gasteiger partial charge is 0.492 e. The zero-order valence-corrected chi connectivity index (χ0v) is 12.8. The van der Waals surface area contributed by atoms with Crippen molar-refractivity contribution in [3.63, 3.8) is 0 Å². The van der Waals surface area contributed by atoms with Gasteiger partial charge in [-0.25, -0.2) is 0 Å². The maximum absolute atomic E-state index is 5.95. The van der Waals surface area contributed by atoms with Crippen molar-refractivity contribution >= 4 is 5.69 Å². The van der Waals surface area contributed by atoms with Gasteiger partial charge in [0.05, 0.1) is 0 Å². The smallest absolute Gasteiger partial charge is 0.121 e. The number of ether oxygens (including phenoxy) is 1. The van der Waals surface area contributed by atoms with Gasteiger partial charge in [0, 0.05) is 30.9 Å². The molecule has 3 rings (SSSR count). The molecule has 0 radical (unpaired) electrons. The monoisotopic (exact) mass is 274 g/mol. The lowest BCUT2D eigenvalue weighted by molar-refractivity contribution is 0.238. The summed E-state index contributed by atoms with van der Waals surface area (Å²) in [5.74, 6) is 1.02. The molecule has 3 heteroatoms. The van der Waals surface area contributed by atoms with Crippen molar-refractivity contribution in [1.82, 2.24) is 4.90 Å². The fraction of sp³-hybridized carbons (Fsp3) is 0.647. The standard InChI is InChI=1S/C17H26N2O/c1-14(2)19-10-7-15-5-6-16(13-17(15)19)20-12-11-18-8-3-4-9-18/h5-6,13-14H,3-4,7-12H2,1-2H3. The van der Waals surface area contributed by atoms with Gasteiger partial charge in [-0.15, -0.1) is 0 Å². The third-order valence-corrected chi connectivity index (χ3v) is 4.49. The second-order valence-electron chi connectivity index (χ2n) is 6.22. The maximum atomic E-state index is 5.95. The Kier molecular flexibility index (Phi) is 4.16. The molecular weight excluding hydrogens is 248 g/mol. The highest BCUT2D eigenvalue weighted by molar-refractivity contribution is 5.61. The molecule has 0 aromatic heterocycles. The van der Waals surface area contributed by atoms with E-state index in [1.54, 1.807) is 0 Å². The SMILES string of the molecule is CC(C)N1CCc2ccc(OCCN3CCCC3)cc21. The highest BCUT2D eigenvalue weighted by Crippen LogP contribution is 2.33. The van der Waals surface area contributed by atoms with Gasteiger partial charge in [-0.1, -0.05) is 6.07 Å². The van der Waals surface area contributed by atoms with Crippen molar-refractivity contribution in [3.8, 4) is 5.75 Å². The summed E-state index contributed by atoms with van der Waals surface area (Å²) < 4.78 is 5.95. The van der Waals surface area contributed by atoms with Crippen molar-refractivity contribution < 1.29 is 4.74 Å². The zero-order valence-electron chi connectivity index (χ0n) is 12.8. The molecule has 20 heavy (non-hydrogen) atoms. The molecule has 2 heterocycles. The lowest BCUT2D eigenvalue weighted by Crippen LogP contribution is -2.28. The van der Waals surface area contributed by atoms with Crippen molar-refractivity contribution in [1.29, 1.82) is 0 Å². The summed E-state index contributed by atoms with van der Waals surface area (Å²) in [5, 5.41) is 0. The summed E-state index contributed by atoms with van der Waals surface area (Å²) >= 11 is 0. The van der Waals surface area contributed by atoms with Crippen LogP contribution in [0.3, 0.4) is 0 Å². The van der Waals surface area contributed by atoms with E-state index in [0.717, 1.165) is 25.4 Å². The van der Waals surface area contributed by atoms with Crippen LogP contribution in [-0.4, -0.2) is 43.7 Å². The average Bonchev–Trinajstić information content (AvgIpc) is 3.06. The number of anilines is 1. The Balaban J connectivity index is 1.59. The van der Waals surface area contributed by atoms with Crippen LogP contribution in [0.25, 0.3) is 0 Å². The lowest BCUT2D eigenvalue weighted by atomic mass is 10.1. The van der Waals surface area contributed by atoms with Crippen LogP contribution in [0.2, 0.25) is 0 Å². The fourth-order valence-electron chi connectivity index (χ4n) is 3.31. The molecule has 3 nitrogen and oxygen atoms in total. The lowest BCUT2D eigenvalue weighted by Gasteiger charge is -2.24. The third kappa shape index (κ3) is 2.93. The molecule has 2 aliphatic rings. The first-order valence-corrected chi connectivity index (χ1v) is 7.99. The van der Waals surface area contributed by atoms with Crippen LogP contribution in [0, 0.1) is 0 Å². The van der Waals surface area contributed by atoms with Crippen LogP contribution >= 0.6 is 0 Å². The molecule has 0 aliphatic carbocycles. The molecule has 0 amide bonds. The molecule has 1 aromatic carbocycles. The number of hydrogen-bond donors (Lipinski definition) is 0. The van der Waals surface area contributed by atoms with E-state index < -0.39 is 0 Å². The van der Waals surface area contributed by atoms with E-state index in [2.05, 4.69) is 41.8 Å². The second-order valence-corrected chi connectivity index (χ2v) is 6.22. The minimum absolute atomic E-state index is 0.566. The number of rotatable bonds is 5. The normalized spacial score (nSPS) is 18.9. The minimum atomic E-state index is 0.566.